The van der Waals surface area contributed by atoms with E-state index in [1.165, 1.54) is 34.3 Å². The van der Waals surface area contributed by atoms with Gasteiger partial charge in [-0.1, -0.05) is 62.1 Å². The highest BCUT2D eigenvalue weighted by Gasteiger charge is 2.35. The molecule has 27 heavy (non-hydrogen) atoms. The van der Waals surface area contributed by atoms with Crippen molar-refractivity contribution in [2.24, 2.45) is 0 Å². The van der Waals surface area contributed by atoms with Crippen LogP contribution in [0.25, 0.3) is 6.08 Å². The smallest absolute Gasteiger partial charge is 0.266 e. The fourth-order valence-electron chi connectivity index (χ4n) is 3.93. The van der Waals surface area contributed by atoms with E-state index in [1.54, 1.807) is 4.90 Å². The predicted octanol–water partition coefficient (Wildman–Crippen LogP) is 5.31. The molecule has 2 aliphatic rings. The van der Waals surface area contributed by atoms with Crippen LogP contribution in [0.5, 0.6) is 0 Å². The lowest BCUT2D eigenvalue weighted by atomic mass is 9.73. The van der Waals surface area contributed by atoms with Crippen LogP contribution in [0.4, 0.5) is 11.4 Å². The topological polar surface area (TPSA) is 23.6 Å². The van der Waals surface area contributed by atoms with E-state index in [0.717, 1.165) is 5.56 Å². The number of nitrogens with zero attached hydrogens (tertiary/aromatic N) is 2. The van der Waals surface area contributed by atoms with E-state index in [1.807, 2.05) is 13.0 Å². The van der Waals surface area contributed by atoms with Gasteiger partial charge in [0.1, 0.15) is 4.32 Å². The molecular formula is C22H22N2OS2. The number of fused-ring (bicyclic) bond motifs is 2. The van der Waals surface area contributed by atoms with Crippen molar-refractivity contribution in [1.82, 2.24) is 4.90 Å². The Bertz CT molecular complexity index is 994. The maximum absolute atomic E-state index is 12.5. The average molecular weight is 395 g/mol. The molecule has 0 unspecified atom stereocenters. The number of thioether (sulfide) groups is 1. The number of hydrogen-bond donors (Lipinski definition) is 0. The zero-order valence-corrected chi connectivity index (χ0v) is 17.6. The molecule has 2 aromatic carbocycles. The second kappa shape index (κ2) is 6.50. The lowest BCUT2D eigenvalue weighted by Crippen LogP contribution is -2.30. The van der Waals surface area contributed by atoms with Gasteiger partial charge in [0.25, 0.3) is 5.91 Å². The normalized spacial score (nSPS) is 19.5. The van der Waals surface area contributed by atoms with Crippen molar-refractivity contribution >= 4 is 51.7 Å². The number of rotatable bonds is 2. The Morgan fingerprint density at radius 2 is 1.81 bits per heavy atom. The van der Waals surface area contributed by atoms with Crippen LogP contribution in [0.3, 0.4) is 0 Å². The summed E-state index contributed by atoms with van der Waals surface area (Å²) in [5, 5.41) is 0. The molecule has 3 nitrogen and oxygen atoms in total. The summed E-state index contributed by atoms with van der Waals surface area (Å²) in [7, 11) is 2.11. The third kappa shape index (κ3) is 2.80. The van der Waals surface area contributed by atoms with E-state index in [-0.39, 0.29) is 11.3 Å². The van der Waals surface area contributed by atoms with Gasteiger partial charge in [0.05, 0.1) is 4.91 Å². The van der Waals surface area contributed by atoms with E-state index in [9.17, 15) is 4.79 Å². The van der Waals surface area contributed by atoms with E-state index in [2.05, 4.69) is 68.3 Å². The number of amides is 1. The summed E-state index contributed by atoms with van der Waals surface area (Å²) in [6, 6.07) is 15.0. The summed E-state index contributed by atoms with van der Waals surface area (Å²) in [4.78, 5) is 17.1. The Hall–Kier alpha value is -2.11. The number of para-hydroxylation sites is 1. The number of thiocarbonyl (C=S) groups is 1. The van der Waals surface area contributed by atoms with Crippen molar-refractivity contribution in [3.8, 4) is 0 Å². The molecule has 1 fully saturated rings. The summed E-state index contributed by atoms with van der Waals surface area (Å²) in [5.41, 5.74) is 5.96. The number of benzene rings is 2. The Morgan fingerprint density at radius 3 is 2.52 bits per heavy atom. The third-order valence-corrected chi connectivity index (χ3v) is 6.86. The van der Waals surface area contributed by atoms with E-state index in [0.29, 0.717) is 15.8 Å². The van der Waals surface area contributed by atoms with Gasteiger partial charge in [-0.15, -0.1) is 0 Å². The standard InChI is InChI=1S/C22H22N2OS2/c1-5-24-20(25)19(27-21(24)26)13-14-10-11-18-16(12-14)22(2,3)15-8-6-7-9-17(15)23(18)4/h6-13H,5H2,1-4H3/b19-13-. The molecule has 138 valence electrons. The molecule has 1 amide bonds. The minimum absolute atomic E-state index is 0.00643. The maximum atomic E-state index is 12.5. The Morgan fingerprint density at radius 1 is 1.11 bits per heavy atom. The fraction of sp³-hybridized carbons (Fsp3) is 0.273. The first-order valence-corrected chi connectivity index (χ1v) is 10.3. The predicted molar refractivity (Wildman–Crippen MR) is 119 cm³/mol. The van der Waals surface area contributed by atoms with Gasteiger partial charge in [0.2, 0.25) is 0 Å². The maximum Gasteiger partial charge on any atom is 0.266 e. The van der Waals surface area contributed by atoms with Gasteiger partial charge in [-0.3, -0.25) is 9.69 Å². The van der Waals surface area contributed by atoms with Crippen LogP contribution >= 0.6 is 24.0 Å². The molecule has 0 bridgehead atoms. The van der Waals surface area contributed by atoms with Crippen molar-refractivity contribution in [3.05, 3.63) is 64.1 Å². The molecule has 0 N–H and O–H groups in total. The highest BCUT2D eigenvalue weighted by Crippen LogP contribution is 2.48. The van der Waals surface area contributed by atoms with Gasteiger partial charge in [0.15, 0.2) is 0 Å². The van der Waals surface area contributed by atoms with Crippen molar-refractivity contribution in [3.63, 3.8) is 0 Å². The number of anilines is 2. The SMILES string of the molecule is CCN1C(=O)/C(=C/c2ccc3c(c2)C(C)(C)c2ccccc2N3C)SC1=S. The number of carbonyl (C=O) groups is 1. The monoisotopic (exact) mass is 394 g/mol. The first kappa shape index (κ1) is 18.3. The molecule has 5 heteroatoms. The highest BCUT2D eigenvalue weighted by molar-refractivity contribution is 8.26. The Kier molecular flexibility index (Phi) is 4.40. The fourth-order valence-corrected chi connectivity index (χ4v) is 5.31. The summed E-state index contributed by atoms with van der Waals surface area (Å²) in [6.07, 6.45) is 1.96. The minimum atomic E-state index is -0.107. The second-order valence-corrected chi connectivity index (χ2v) is 9.08. The first-order valence-electron chi connectivity index (χ1n) is 9.07. The molecule has 4 rings (SSSR count). The zero-order chi connectivity index (χ0) is 19.3. The Balaban J connectivity index is 1.79. The minimum Gasteiger partial charge on any atom is -0.344 e. The number of likely N-dealkylation sites (N-methyl/N-ethyl adjacent to an activating group) is 1. The molecule has 2 heterocycles. The van der Waals surface area contributed by atoms with Gasteiger partial charge in [-0.25, -0.2) is 0 Å². The van der Waals surface area contributed by atoms with Crippen LogP contribution in [0.15, 0.2) is 47.4 Å². The first-order chi connectivity index (χ1) is 12.8. The van der Waals surface area contributed by atoms with Gasteiger partial charge in [-0.05, 0) is 47.9 Å². The van der Waals surface area contributed by atoms with Crippen LogP contribution in [0.1, 0.15) is 37.5 Å². The average Bonchev–Trinajstić information content (AvgIpc) is 2.93. The number of carbonyl (C=O) groups excluding carboxylic acids is 1. The molecule has 0 radical (unpaired) electrons. The summed E-state index contributed by atoms with van der Waals surface area (Å²) in [6.45, 7) is 7.08. The van der Waals surface area contributed by atoms with Crippen LogP contribution in [-0.4, -0.2) is 28.7 Å². The van der Waals surface area contributed by atoms with Crippen LogP contribution < -0.4 is 4.90 Å². The van der Waals surface area contributed by atoms with Crippen molar-refractivity contribution in [1.29, 1.82) is 0 Å². The molecule has 0 aromatic heterocycles. The van der Waals surface area contributed by atoms with Gasteiger partial charge in [0, 0.05) is 30.4 Å². The van der Waals surface area contributed by atoms with E-state index >= 15 is 0 Å². The van der Waals surface area contributed by atoms with Crippen molar-refractivity contribution < 1.29 is 4.79 Å². The van der Waals surface area contributed by atoms with Crippen molar-refractivity contribution in [2.75, 3.05) is 18.5 Å². The lowest BCUT2D eigenvalue weighted by molar-refractivity contribution is -0.121. The molecular weight excluding hydrogens is 372 g/mol. The molecule has 1 saturated heterocycles. The summed E-state index contributed by atoms with van der Waals surface area (Å²) >= 11 is 6.71. The Labute approximate surface area is 170 Å². The van der Waals surface area contributed by atoms with Gasteiger partial charge in [-0.2, -0.15) is 0 Å². The van der Waals surface area contributed by atoms with Crippen molar-refractivity contribution in [2.45, 2.75) is 26.2 Å². The molecule has 0 atom stereocenters. The lowest BCUT2D eigenvalue weighted by Gasteiger charge is -2.40. The molecule has 2 aliphatic heterocycles. The molecule has 2 aromatic rings. The number of hydrogen-bond acceptors (Lipinski definition) is 4. The zero-order valence-electron chi connectivity index (χ0n) is 15.9. The second-order valence-electron chi connectivity index (χ2n) is 7.40. The molecule has 0 aliphatic carbocycles. The largest absolute Gasteiger partial charge is 0.344 e. The van der Waals surface area contributed by atoms with Gasteiger partial charge < -0.3 is 4.90 Å². The van der Waals surface area contributed by atoms with Crippen LogP contribution in [0.2, 0.25) is 0 Å². The van der Waals surface area contributed by atoms with E-state index < -0.39 is 0 Å². The van der Waals surface area contributed by atoms with Gasteiger partial charge >= 0.3 is 0 Å². The summed E-state index contributed by atoms with van der Waals surface area (Å²) in [5.74, 6) is 0.00643. The third-order valence-electron chi connectivity index (χ3n) is 5.48. The van der Waals surface area contributed by atoms with Crippen LogP contribution in [0, 0.1) is 0 Å². The quantitative estimate of drug-likeness (QED) is 0.508. The van der Waals surface area contributed by atoms with E-state index in [4.69, 9.17) is 12.2 Å². The molecule has 0 saturated carbocycles. The highest BCUT2D eigenvalue weighted by atomic mass is 32.2. The van der Waals surface area contributed by atoms with Crippen LogP contribution in [-0.2, 0) is 10.2 Å². The summed E-state index contributed by atoms with van der Waals surface area (Å²) < 4.78 is 0.640. The molecule has 0 spiro atoms.